The number of ether oxygens (including phenoxy) is 1. The van der Waals surface area contributed by atoms with Crippen LogP contribution in [0, 0.1) is 0 Å². The fraction of sp³-hybridized carbons (Fsp3) is 0.226. The Morgan fingerprint density at radius 2 is 1.53 bits per heavy atom. The first kappa shape index (κ1) is 22.4. The van der Waals surface area contributed by atoms with Gasteiger partial charge in [-0.1, -0.05) is 26.0 Å². The second kappa shape index (κ2) is 8.83. The number of benzene rings is 1. The van der Waals surface area contributed by atoms with Gasteiger partial charge in [0.05, 0.1) is 18.5 Å². The maximum atomic E-state index is 5.39. The Morgan fingerprint density at radius 3 is 2.28 bits per heavy atom. The molecule has 0 atom stereocenters. The van der Waals surface area contributed by atoms with E-state index in [1.165, 1.54) is 0 Å². The van der Waals surface area contributed by atoms with Crippen LogP contribution in [-0.4, -0.2) is 27.0 Å². The van der Waals surface area contributed by atoms with E-state index in [1.807, 2.05) is 12.1 Å². The molecule has 0 aliphatic carbocycles. The monoisotopic (exact) mass is 474 g/mol. The van der Waals surface area contributed by atoms with Gasteiger partial charge in [-0.2, -0.15) is 0 Å². The molecule has 36 heavy (non-hydrogen) atoms. The highest BCUT2D eigenvalue weighted by Gasteiger charge is 2.34. The Morgan fingerprint density at radius 1 is 0.806 bits per heavy atom. The average Bonchev–Trinajstić information content (AvgIpc) is 3.69. The second-order valence-electron chi connectivity index (χ2n) is 9.64. The Hall–Kier alpha value is -4.12. The molecular weight excluding hydrogens is 444 g/mol. The Kier molecular flexibility index (Phi) is 5.48. The first-order chi connectivity index (χ1) is 17.6. The highest BCUT2D eigenvalue weighted by Crippen LogP contribution is 2.38. The molecule has 8 bridgehead atoms. The molecule has 180 valence electrons. The number of nitrogens with one attached hydrogen (secondary N) is 2. The van der Waals surface area contributed by atoms with Gasteiger partial charge < -0.3 is 14.7 Å². The normalized spacial score (nSPS) is 14.2. The molecule has 2 N–H and O–H groups in total. The first-order valence-electron chi connectivity index (χ1n) is 12.6. The van der Waals surface area contributed by atoms with E-state index in [1.54, 1.807) is 7.11 Å². The zero-order chi connectivity index (χ0) is 24.7. The van der Waals surface area contributed by atoms with Crippen molar-refractivity contribution >= 4 is 34.2 Å². The molecule has 5 heteroatoms. The molecule has 0 amide bonds. The topological polar surface area (TPSA) is 66.6 Å². The number of H-pyrrole nitrogens is 2. The van der Waals surface area contributed by atoms with Crippen LogP contribution in [0.1, 0.15) is 49.5 Å². The minimum Gasteiger partial charge on any atom is -0.497 e. The van der Waals surface area contributed by atoms with Gasteiger partial charge in [-0.25, -0.2) is 4.98 Å². The third kappa shape index (κ3) is 3.91. The van der Waals surface area contributed by atoms with E-state index < -0.39 is 0 Å². The standard InChI is InChI=1S/C31H30N4O/c1-4-31(5-2)19-25-17-23-11-15-28(34-23)30(20-6-12-26(36-3)13-7-20)27-14-10-22(33-27)16-21-8-9-24(32-21)18-29(31)35-25/h6-18,32-33H,4-5,19H2,1-3H3. The zero-order valence-electron chi connectivity index (χ0n) is 20.9. The summed E-state index contributed by atoms with van der Waals surface area (Å²) in [5.41, 5.74) is 10.5. The quantitative estimate of drug-likeness (QED) is 0.284. The van der Waals surface area contributed by atoms with Gasteiger partial charge in [0.1, 0.15) is 5.75 Å². The molecular formula is C31H30N4O. The summed E-state index contributed by atoms with van der Waals surface area (Å²) in [4.78, 5) is 17.3. The van der Waals surface area contributed by atoms with Crippen LogP contribution in [-0.2, 0) is 11.8 Å². The van der Waals surface area contributed by atoms with Crippen LogP contribution in [0.25, 0.3) is 45.3 Å². The minimum absolute atomic E-state index is 0.0541. The largest absolute Gasteiger partial charge is 0.497 e. The molecule has 5 heterocycles. The van der Waals surface area contributed by atoms with E-state index in [9.17, 15) is 0 Å². The van der Waals surface area contributed by atoms with E-state index in [0.29, 0.717) is 0 Å². The van der Waals surface area contributed by atoms with Crippen molar-refractivity contribution in [2.75, 3.05) is 7.11 Å². The summed E-state index contributed by atoms with van der Waals surface area (Å²) >= 11 is 0. The lowest BCUT2D eigenvalue weighted by atomic mass is 9.77. The first-order valence-corrected chi connectivity index (χ1v) is 12.6. The summed E-state index contributed by atoms with van der Waals surface area (Å²) in [6.07, 6.45) is 7.23. The molecule has 0 fully saturated rings. The van der Waals surface area contributed by atoms with Crippen LogP contribution in [0.5, 0.6) is 5.75 Å². The van der Waals surface area contributed by atoms with Crippen molar-refractivity contribution in [2.24, 2.45) is 0 Å². The maximum Gasteiger partial charge on any atom is 0.118 e. The number of fused-ring (bicyclic) bond motifs is 8. The average molecular weight is 475 g/mol. The zero-order valence-corrected chi connectivity index (χ0v) is 20.9. The van der Waals surface area contributed by atoms with Crippen molar-refractivity contribution in [1.29, 1.82) is 0 Å². The van der Waals surface area contributed by atoms with Crippen LogP contribution < -0.4 is 4.74 Å². The lowest BCUT2D eigenvalue weighted by Crippen LogP contribution is -2.23. The smallest absolute Gasteiger partial charge is 0.118 e. The number of rotatable bonds is 4. The maximum absolute atomic E-state index is 5.39. The van der Waals surface area contributed by atoms with Crippen LogP contribution in [0.4, 0.5) is 0 Å². The lowest BCUT2D eigenvalue weighted by Gasteiger charge is -2.25. The third-order valence-corrected chi connectivity index (χ3v) is 7.60. The van der Waals surface area contributed by atoms with Gasteiger partial charge in [0.25, 0.3) is 0 Å². The van der Waals surface area contributed by atoms with Crippen LogP contribution in [0.15, 0.2) is 66.7 Å². The number of hydrogen-bond donors (Lipinski definition) is 2. The molecule has 1 aromatic carbocycles. The molecule has 6 rings (SSSR count). The van der Waals surface area contributed by atoms with E-state index in [4.69, 9.17) is 14.7 Å². The molecule has 0 spiro atoms. The fourth-order valence-electron chi connectivity index (χ4n) is 5.40. The number of aromatic amines is 2. The summed E-state index contributed by atoms with van der Waals surface area (Å²) in [7, 11) is 1.69. The summed E-state index contributed by atoms with van der Waals surface area (Å²) < 4.78 is 5.39. The molecule has 5 nitrogen and oxygen atoms in total. The second-order valence-corrected chi connectivity index (χ2v) is 9.64. The Balaban J connectivity index is 1.66. The summed E-state index contributed by atoms with van der Waals surface area (Å²) in [6.45, 7) is 4.54. The third-order valence-electron chi connectivity index (χ3n) is 7.60. The number of aromatic nitrogens is 4. The van der Waals surface area contributed by atoms with Crippen LogP contribution >= 0.6 is 0 Å². The van der Waals surface area contributed by atoms with E-state index in [2.05, 4.69) is 90.6 Å². The van der Waals surface area contributed by atoms with Crippen molar-refractivity contribution < 1.29 is 4.74 Å². The van der Waals surface area contributed by atoms with Crippen molar-refractivity contribution in [1.82, 2.24) is 19.9 Å². The van der Waals surface area contributed by atoms with E-state index >= 15 is 0 Å². The van der Waals surface area contributed by atoms with Gasteiger partial charge in [-0.3, -0.25) is 4.98 Å². The molecule has 0 saturated carbocycles. The highest BCUT2D eigenvalue weighted by atomic mass is 16.5. The van der Waals surface area contributed by atoms with Gasteiger partial charge >= 0.3 is 0 Å². The SMILES string of the molecule is CCC1(CC)Cc2cc3nc(c(-c4ccc(OC)cc4)c4ccc(cc5ccc(cc1n2)[nH]5)[nH]4)C=C3. The summed E-state index contributed by atoms with van der Waals surface area (Å²) in [6, 6.07) is 23.1. The molecule has 0 saturated heterocycles. The molecule has 4 aromatic rings. The molecule has 2 aliphatic rings. The molecule has 0 unspecified atom stereocenters. The summed E-state index contributed by atoms with van der Waals surface area (Å²) in [5.74, 6) is 0.832. The van der Waals surface area contributed by atoms with Crippen molar-refractivity contribution in [3.63, 3.8) is 0 Å². The molecule has 2 aliphatic heterocycles. The van der Waals surface area contributed by atoms with Gasteiger partial charge in [0.2, 0.25) is 0 Å². The predicted molar refractivity (Wildman–Crippen MR) is 148 cm³/mol. The minimum atomic E-state index is 0.0541. The van der Waals surface area contributed by atoms with E-state index in [-0.39, 0.29) is 5.41 Å². The molecule has 0 radical (unpaired) electrons. The lowest BCUT2D eigenvalue weighted by molar-refractivity contribution is 0.406. The number of hydrogen-bond acceptors (Lipinski definition) is 3. The van der Waals surface area contributed by atoms with Gasteiger partial charge in [0, 0.05) is 50.9 Å². The van der Waals surface area contributed by atoms with Gasteiger partial charge in [-0.15, -0.1) is 0 Å². The molecule has 3 aromatic heterocycles. The van der Waals surface area contributed by atoms with Crippen LogP contribution in [0.3, 0.4) is 0 Å². The van der Waals surface area contributed by atoms with Crippen molar-refractivity contribution in [3.05, 3.63) is 89.5 Å². The van der Waals surface area contributed by atoms with Crippen molar-refractivity contribution in [2.45, 2.75) is 38.5 Å². The number of methoxy groups -OCH3 is 1. The van der Waals surface area contributed by atoms with Gasteiger partial charge in [-0.05, 0) is 85.2 Å². The van der Waals surface area contributed by atoms with Crippen molar-refractivity contribution in [3.8, 4) is 16.9 Å². The van der Waals surface area contributed by atoms with Crippen LogP contribution in [0.2, 0.25) is 0 Å². The van der Waals surface area contributed by atoms with Gasteiger partial charge in [0.15, 0.2) is 0 Å². The van der Waals surface area contributed by atoms with E-state index in [0.717, 1.165) is 81.0 Å². The highest BCUT2D eigenvalue weighted by molar-refractivity contribution is 5.90. The predicted octanol–water partition coefficient (Wildman–Crippen LogP) is 7.46. The Bertz CT molecular complexity index is 1620. The fourth-order valence-corrected chi connectivity index (χ4v) is 5.40. The Labute approximate surface area is 210 Å². The number of nitrogens with zero attached hydrogens (tertiary/aromatic N) is 2. The summed E-state index contributed by atoms with van der Waals surface area (Å²) in [5, 5.41) is 0.